The van der Waals surface area contributed by atoms with Crippen molar-refractivity contribution >= 4 is 49.6 Å². The van der Waals surface area contributed by atoms with Gasteiger partial charge in [0.05, 0.1) is 37.9 Å². The number of halogens is 1. The van der Waals surface area contributed by atoms with Gasteiger partial charge in [-0.15, -0.1) is 0 Å². The zero-order valence-electron chi connectivity index (χ0n) is 24.8. The van der Waals surface area contributed by atoms with Crippen LogP contribution in [0.25, 0.3) is 0 Å². The molecule has 3 amide bonds. The molecule has 12 nitrogen and oxygen atoms in total. The molecule has 1 aromatic rings. The molecule has 0 bridgehead atoms. The Morgan fingerprint density at radius 3 is 2.17 bits per heavy atom. The molecule has 1 rings (SSSR count). The van der Waals surface area contributed by atoms with Gasteiger partial charge in [-0.2, -0.15) is 0 Å². The largest absolute Gasteiger partial charge is 0.491 e. The Labute approximate surface area is 252 Å². The minimum Gasteiger partial charge on any atom is -0.491 e. The van der Waals surface area contributed by atoms with Crippen molar-refractivity contribution < 1.29 is 43.0 Å². The Morgan fingerprint density at radius 1 is 1.07 bits per heavy atom. The smallest absolute Gasteiger partial charge is 0.334 e. The molecule has 0 aliphatic heterocycles. The molecule has 0 saturated carbocycles. The van der Waals surface area contributed by atoms with Crippen molar-refractivity contribution in [3.63, 3.8) is 0 Å². The van der Waals surface area contributed by atoms with Gasteiger partial charge < -0.3 is 39.6 Å². The van der Waals surface area contributed by atoms with Gasteiger partial charge in [0, 0.05) is 11.5 Å². The summed E-state index contributed by atoms with van der Waals surface area (Å²) in [5.41, 5.74) is 1.29. The summed E-state index contributed by atoms with van der Waals surface area (Å²) in [6.45, 7) is 12.5. The predicted molar refractivity (Wildman–Crippen MR) is 163 cm³/mol. The third kappa shape index (κ3) is 11.8. The molecule has 0 aliphatic rings. The lowest BCUT2D eigenvalue weighted by atomic mass is 10.1. The lowest BCUT2D eigenvalue weighted by Crippen LogP contribution is -2.51. The fraction of sp³-hybridized carbons (Fsp3) is 0.654. The van der Waals surface area contributed by atoms with Crippen molar-refractivity contribution in [1.29, 1.82) is 0 Å². The second kappa shape index (κ2) is 16.7. The number of hydrogen-bond acceptors (Lipinski definition) is 7. The van der Waals surface area contributed by atoms with Crippen molar-refractivity contribution in [3.05, 3.63) is 28.2 Å². The summed E-state index contributed by atoms with van der Waals surface area (Å²) in [5, 5.41) is 15.4. The van der Waals surface area contributed by atoms with Crippen LogP contribution in [0.1, 0.15) is 51.9 Å². The van der Waals surface area contributed by atoms with Crippen molar-refractivity contribution in [3.8, 4) is 5.75 Å². The first-order chi connectivity index (χ1) is 18.9. The number of benzene rings is 1. The molecule has 1 unspecified atom stereocenters. The van der Waals surface area contributed by atoms with Crippen molar-refractivity contribution in [1.82, 2.24) is 15.5 Å². The molecule has 1 aromatic carbocycles. The molecule has 0 radical (unpaired) electrons. The zero-order chi connectivity index (χ0) is 31.5. The van der Waals surface area contributed by atoms with Crippen LogP contribution in [0.5, 0.6) is 5.75 Å². The summed E-state index contributed by atoms with van der Waals surface area (Å²) >= 11 is 3.36. The SMILES string of the molecule is CC(C)[Si](OCC(CO)NC(=O)c1ccc(Br)cc1OCCNC(=O)CN(C)C(=O)CP(=O)(O)O)(C(C)C)C(C)C. The Balaban J connectivity index is 2.79. The van der Waals surface area contributed by atoms with Gasteiger partial charge in [0.1, 0.15) is 18.5 Å². The van der Waals surface area contributed by atoms with Gasteiger partial charge >= 0.3 is 7.60 Å². The Hall–Kier alpha value is -1.80. The summed E-state index contributed by atoms with van der Waals surface area (Å²) < 4.78 is 23.9. The molecule has 41 heavy (non-hydrogen) atoms. The van der Waals surface area contributed by atoms with E-state index in [9.17, 15) is 24.1 Å². The number of amides is 3. The monoisotopic (exact) mass is 681 g/mol. The highest BCUT2D eigenvalue weighted by atomic mass is 79.9. The molecule has 0 fully saturated rings. The number of aliphatic hydroxyl groups excluding tert-OH is 1. The van der Waals surface area contributed by atoms with Crippen LogP contribution < -0.4 is 15.4 Å². The van der Waals surface area contributed by atoms with Gasteiger partial charge in [0.25, 0.3) is 5.91 Å². The van der Waals surface area contributed by atoms with E-state index in [1.165, 1.54) is 7.05 Å². The highest BCUT2D eigenvalue weighted by Gasteiger charge is 2.45. The van der Waals surface area contributed by atoms with Gasteiger partial charge in [0.15, 0.2) is 8.32 Å². The minimum absolute atomic E-state index is 0.000437. The molecule has 5 N–H and O–H groups in total. The summed E-state index contributed by atoms with van der Waals surface area (Å²) in [7, 11) is -5.46. The normalized spacial score (nSPS) is 12.9. The number of carbonyl (C=O) groups excluding carboxylic acids is 3. The van der Waals surface area contributed by atoms with Crippen molar-refractivity contribution in [2.24, 2.45) is 0 Å². The molecule has 0 heterocycles. The number of ether oxygens (including phenoxy) is 1. The third-order valence-corrected chi connectivity index (χ3v) is 14.1. The fourth-order valence-electron chi connectivity index (χ4n) is 4.96. The number of hydrogen-bond donors (Lipinski definition) is 5. The van der Waals surface area contributed by atoms with E-state index in [2.05, 4.69) is 68.1 Å². The molecule has 0 aliphatic carbocycles. The van der Waals surface area contributed by atoms with Crippen LogP contribution in [0.15, 0.2) is 22.7 Å². The maximum atomic E-state index is 13.2. The molecule has 0 aromatic heterocycles. The van der Waals surface area contributed by atoms with Gasteiger partial charge in [-0.05, 0) is 34.8 Å². The van der Waals surface area contributed by atoms with Gasteiger partial charge in [-0.25, -0.2) is 0 Å². The summed E-state index contributed by atoms with van der Waals surface area (Å²) in [4.78, 5) is 55.8. The summed E-state index contributed by atoms with van der Waals surface area (Å²) in [6, 6.07) is 4.27. The molecule has 1 atom stereocenters. The standard InChI is InChI=1S/C26H45BrN3O9PSi/c1-17(2)41(18(3)4,19(5)6)39-15-21(14-31)29-26(34)22-9-8-20(27)12-23(22)38-11-10-28-24(32)13-30(7)25(33)16-40(35,36)37/h8-9,12,17-19,21,31H,10-11,13-16H2,1-7H3,(H,28,32)(H,29,34)(H2,35,36,37). The van der Waals surface area contributed by atoms with Crippen molar-refractivity contribution in [2.45, 2.75) is 64.2 Å². The van der Waals surface area contributed by atoms with E-state index in [-0.39, 0.29) is 44.2 Å². The molecular formula is C26H45BrN3O9PSi. The van der Waals surface area contributed by atoms with Crippen LogP contribution in [-0.2, 0) is 18.6 Å². The van der Waals surface area contributed by atoms with Crippen LogP contribution >= 0.6 is 23.5 Å². The van der Waals surface area contributed by atoms with Crippen LogP contribution in [0.2, 0.25) is 16.6 Å². The van der Waals surface area contributed by atoms with Crippen LogP contribution in [0, 0.1) is 0 Å². The first kappa shape index (κ1) is 37.2. The second-order valence-corrected chi connectivity index (χ2v) is 18.9. The van der Waals surface area contributed by atoms with Crippen molar-refractivity contribution in [2.75, 3.05) is 46.1 Å². The van der Waals surface area contributed by atoms with Gasteiger partial charge in [-0.1, -0.05) is 57.5 Å². The maximum Gasteiger partial charge on any atom is 0.334 e. The summed E-state index contributed by atoms with van der Waals surface area (Å²) in [5.74, 6) is -1.59. The topological polar surface area (TPSA) is 175 Å². The van der Waals surface area contributed by atoms with Gasteiger partial charge in [-0.3, -0.25) is 18.9 Å². The van der Waals surface area contributed by atoms with E-state index in [4.69, 9.17) is 18.9 Å². The van der Waals surface area contributed by atoms with E-state index in [1.54, 1.807) is 18.2 Å². The lowest BCUT2D eigenvalue weighted by Gasteiger charge is -2.43. The highest BCUT2D eigenvalue weighted by molar-refractivity contribution is 9.10. The van der Waals surface area contributed by atoms with Crippen LogP contribution in [0.4, 0.5) is 0 Å². The van der Waals surface area contributed by atoms with E-state index in [1.807, 2.05) is 0 Å². The van der Waals surface area contributed by atoms with Gasteiger partial charge in [0.2, 0.25) is 11.8 Å². The Bertz CT molecular complexity index is 1060. The van der Waals surface area contributed by atoms with E-state index in [0.717, 1.165) is 4.90 Å². The Morgan fingerprint density at radius 2 is 1.66 bits per heavy atom. The highest BCUT2D eigenvalue weighted by Crippen LogP contribution is 2.42. The van der Waals surface area contributed by atoms with E-state index in [0.29, 0.717) is 21.1 Å². The quantitative estimate of drug-likeness (QED) is 0.0941. The van der Waals surface area contributed by atoms with Crippen LogP contribution in [-0.4, -0.2) is 98.0 Å². The molecule has 0 spiro atoms. The fourth-order valence-corrected chi connectivity index (χ4v) is 11.4. The average molecular weight is 683 g/mol. The molecule has 15 heteroatoms. The third-order valence-electron chi connectivity index (χ3n) is 6.82. The lowest BCUT2D eigenvalue weighted by molar-refractivity contribution is -0.133. The number of nitrogens with zero attached hydrogens (tertiary/aromatic N) is 1. The second-order valence-electron chi connectivity index (χ2n) is 10.9. The molecule has 234 valence electrons. The minimum atomic E-state index is -4.53. The summed E-state index contributed by atoms with van der Waals surface area (Å²) in [6.07, 6.45) is -0.979. The average Bonchev–Trinajstić information content (AvgIpc) is 2.84. The number of rotatable bonds is 17. The Kier molecular flexibility index (Phi) is 15.2. The first-order valence-electron chi connectivity index (χ1n) is 13.5. The maximum absolute atomic E-state index is 13.2. The number of nitrogens with one attached hydrogen (secondary N) is 2. The molecular weight excluding hydrogens is 637 g/mol. The number of aliphatic hydroxyl groups is 1. The zero-order valence-corrected chi connectivity index (χ0v) is 28.3. The molecule has 0 saturated heterocycles. The van der Waals surface area contributed by atoms with E-state index >= 15 is 0 Å². The first-order valence-corrected chi connectivity index (χ1v) is 18.2. The number of carbonyl (C=O) groups is 3. The van der Waals surface area contributed by atoms with Crippen LogP contribution in [0.3, 0.4) is 0 Å². The van der Waals surface area contributed by atoms with E-state index < -0.39 is 45.8 Å². The number of likely N-dealkylation sites (N-methyl/N-ethyl adjacent to an activating group) is 1. The predicted octanol–water partition coefficient (Wildman–Crippen LogP) is 2.86.